The number of fused-ring (bicyclic) bond motifs is 1. The molecule has 0 radical (unpaired) electrons. The lowest BCUT2D eigenvalue weighted by Gasteiger charge is -2.15. The van der Waals surface area contributed by atoms with Crippen molar-refractivity contribution in [3.8, 4) is 5.75 Å². The van der Waals surface area contributed by atoms with E-state index < -0.39 is 0 Å². The molecule has 0 saturated carbocycles. The lowest BCUT2D eigenvalue weighted by molar-refractivity contribution is 0.0581. The smallest absolute Gasteiger partial charge is 0.358 e. The van der Waals surface area contributed by atoms with Gasteiger partial charge in [0.05, 0.1) is 18.7 Å². The van der Waals surface area contributed by atoms with Gasteiger partial charge >= 0.3 is 5.97 Å². The van der Waals surface area contributed by atoms with Gasteiger partial charge in [-0.2, -0.15) is 0 Å². The lowest BCUT2D eigenvalue weighted by Crippen LogP contribution is -2.21. The van der Waals surface area contributed by atoms with Crippen LogP contribution in [-0.2, 0) is 11.3 Å². The molecule has 0 aliphatic rings. The van der Waals surface area contributed by atoms with E-state index >= 15 is 0 Å². The van der Waals surface area contributed by atoms with Crippen LogP contribution in [0.4, 0.5) is 0 Å². The van der Waals surface area contributed by atoms with Crippen molar-refractivity contribution in [2.45, 2.75) is 33.4 Å². The van der Waals surface area contributed by atoms with E-state index in [-0.39, 0.29) is 24.5 Å². The fraction of sp³-hybridized carbons (Fsp3) is 0.500. The Kier molecular flexibility index (Phi) is 7.11. The van der Waals surface area contributed by atoms with Crippen LogP contribution in [0.3, 0.4) is 0 Å². The number of methoxy groups -OCH3 is 1. The van der Waals surface area contributed by atoms with Crippen LogP contribution in [0.1, 0.15) is 29.9 Å². The third-order valence-electron chi connectivity index (χ3n) is 3.68. The van der Waals surface area contributed by atoms with Gasteiger partial charge in [-0.3, -0.25) is 0 Å². The molecule has 6 heteroatoms. The van der Waals surface area contributed by atoms with Crippen LogP contribution in [0, 0.1) is 6.92 Å². The topological polar surface area (TPSA) is 43.7 Å². The summed E-state index contributed by atoms with van der Waals surface area (Å²) >= 11 is 0. The molecular formula is C18H27ClN2O3. The first kappa shape index (κ1) is 20.3. The zero-order chi connectivity index (χ0) is 17.1. The molecule has 1 heterocycles. The Labute approximate surface area is 149 Å². The van der Waals surface area contributed by atoms with Crippen LogP contribution >= 0.6 is 12.4 Å². The lowest BCUT2D eigenvalue weighted by atomic mass is 10.1. The molecule has 1 aromatic heterocycles. The number of esters is 1. The highest BCUT2D eigenvalue weighted by Crippen LogP contribution is 2.35. The Morgan fingerprint density at radius 2 is 1.96 bits per heavy atom. The molecule has 0 fully saturated rings. The largest absolute Gasteiger partial charge is 0.488 e. The number of aryl methyl sites for hydroxylation is 1. The summed E-state index contributed by atoms with van der Waals surface area (Å²) < 4.78 is 13.0. The molecule has 0 bridgehead atoms. The van der Waals surface area contributed by atoms with Gasteiger partial charge < -0.3 is 18.9 Å². The van der Waals surface area contributed by atoms with E-state index in [1.165, 1.54) is 7.11 Å². The van der Waals surface area contributed by atoms with Gasteiger partial charge in [0.2, 0.25) is 0 Å². The third-order valence-corrected chi connectivity index (χ3v) is 3.68. The van der Waals surface area contributed by atoms with E-state index in [1.54, 1.807) is 0 Å². The molecule has 5 nitrogen and oxygen atoms in total. The molecule has 0 atom stereocenters. The normalized spacial score (nSPS) is 11.0. The van der Waals surface area contributed by atoms with Gasteiger partial charge in [-0.15, -0.1) is 12.4 Å². The summed E-state index contributed by atoms with van der Waals surface area (Å²) in [6.45, 7) is 7.47. The predicted molar refractivity (Wildman–Crippen MR) is 99.6 cm³/mol. The Morgan fingerprint density at radius 3 is 2.50 bits per heavy atom. The minimum absolute atomic E-state index is 0. The Balaban J connectivity index is 0.00000288. The number of nitrogens with zero attached hydrogens (tertiary/aromatic N) is 2. The molecule has 134 valence electrons. The maximum atomic E-state index is 12.4. The summed E-state index contributed by atoms with van der Waals surface area (Å²) in [6, 6.07) is 6.15. The van der Waals surface area contributed by atoms with Crippen molar-refractivity contribution >= 4 is 29.3 Å². The summed E-state index contributed by atoms with van der Waals surface area (Å²) in [7, 11) is 5.43. The number of carbonyl (C=O) groups is 1. The van der Waals surface area contributed by atoms with Crippen molar-refractivity contribution in [1.29, 1.82) is 0 Å². The summed E-state index contributed by atoms with van der Waals surface area (Å²) in [5.41, 5.74) is 2.62. The molecule has 0 saturated heterocycles. The van der Waals surface area contributed by atoms with E-state index in [2.05, 4.69) is 17.0 Å². The van der Waals surface area contributed by atoms with Gasteiger partial charge in [-0.1, -0.05) is 11.6 Å². The molecule has 2 rings (SSSR count). The van der Waals surface area contributed by atoms with Crippen LogP contribution in [-0.4, -0.2) is 49.3 Å². The maximum Gasteiger partial charge on any atom is 0.358 e. The minimum atomic E-state index is -0.367. The molecule has 24 heavy (non-hydrogen) atoms. The zero-order valence-corrected chi connectivity index (χ0v) is 16.1. The van der Waals surface area contributed by atoms with E-state index in [9.17, 15) is 4.79 Å². The Hall–Kier alpha value is -1.72. The average Bonchev–Trinajstić information content (AvgIpc) is 2.77. The quantitative estimate of drug-likeness (QED) is 0.745. The number of halogens is 1. The molecule has 0 N–H and O–H groups in total. The molecule has 1 aromatic carbocycles. The number of ether oxygens (including phenoxy) is 2. The fourth-order valence-electron chi connectivity index (χ4n) is 2.62. The first-order valence-corrected chi connectivity index (χ1v) is 7.87. The van der Waals surface area contributed by atoms with Crippen LogP contribution in [0.15, 0.2) is 18.2 Å². The average molecular weight is 355 g/mol. The van der Waals surface area contributed by atoms with Crippen molar-refractivity contribution in [3.63, 3.8) is 0 Å². The first-order chi connectivity index (χ1) is 10.8. The Bertz CT molecular complexity index is 708. The van der Waals surface area contributed by atoms with E-state index in [1.807, 2.05) is 45.5 Å². The molecule has 0 aliphatic heterocycles. The van der Waals surface area contributed by atoms with Crippen LogP contribution in [0.2, 0.25) is 0 Å². The Morgan fingerprint density at radius 1 is 1.29 bits per heavy atom. The van der Waals surface area contributed by atoms with Gasteiger partial charge in [0.25, 0.3) is 0 Å². The number of hydrogen-bond donors (Lipinski definition) is 0. The zero-order valence-electron chi connectivity index (χ0n) is 15.3. The standard InChI is InChI=1S/C18H26N2O3.ClH/c1-12(2)23-17-14-11-13(3)7-8-15(14)20(10-9-19(4)5)16(17)18(21)22-6;/h7-8,11-12H,9-10H2,1-6H3;1H. The van der Waals surface area contributed by atoms with Gasteiger partial charge in [0.15, 0.2) is 11.4 Å². The van der Waals surface area contributed by atoms with E-state index in [4.69, 9.17) is 9.47 Å². The number of carbonyl (C=O) groups excluding carboxylic acids is 1. The van der Waals surface area contributed by atoms with Gasteiger partial charge in [0.1, 0.15) is 0 Å². The number of likely N-dealkylation sites (N-methyl/N-ethyl adjacent to an activating group) is 1. The summed E-state index contributed by atoms with van der Waals surface area (Å²) in [4.78, 5) is 14.5. The number of rotatable bonds is 6. The number of hydrogen-bond acceptors (Lipinski definition) is 4. The third kappa shape index (κ3) is 4.22. The molecule has 2 aromatic rings. The van der Waals surface area contributed by atoms with Crippen molar-refractivity contribution in [1.82, 2.24) is 9.47 Å². The van der Waals surface area contributed by atoms with Crippen molar-refractivity contribution in [3.05, 3.63) is 29.5 Å². The summed E-state index contributed by atoms with van der Waals surface area (Å²) in [5, 5.41) is 0.956. The second-order valence-electron chi connectivity index (χ2n) is 6.31. The molecule has 0 amide bonds. The number of aromatic nitrogens is 1. The number of benzene rings is 1. The highest BCUT2D eigenvalue weighted by molar-refractivity contribution is 6.02. The SMILES string of the molecule is COC(=O)c1c(OC(C)C)c2cc(C)ccc2n1CCN(C)C.Cl. The van der Waals surface area contributed by atoms with Crippen LogP contribution < -0.4 is 4.74 Å². The molecule has 0 spiro atoms. The maximum absolute atomic E-state index is 12.4. The monoisotopic (exact) mass is 354 g/mol. The van der Waals surface area contributed by atoms with Crippen molar-refractivity contribution in [2.24, 2.45) is 0 Å². The highest BCUT2D eigenvalue weighted by Gasteiger charge is 2.25. The van der Waals surface area contributed by atoms with Crippen molar-refractivity contribution in [2.75, 3.05) is 27.7 Å². The van der Waals surface area contributed by atoms with Crippen LogP contribution in [0.5, 0.6) is 5.75 Å². The molecule has 0 aliphatic carbocycles. The molecular weight excluding hydrogens is 328 g/mol. The predicted octanol–water partition coefficient (Wildman–Crippen LogP) is 3.51. The highest BCUT2D eigenvalue weighted by atomic mass is 35.5. The van der Waals surface area contributed by atoms with Crippen molar-refractivity contribution < 1.29 is 14.3 Å². The summed E-state index contributed by atoms with van der Waals surface area (Å²) in [5.74, 6) is 0.248. The fourth-order valence-corrected chi connectivity index (χ4v) is 2.62. The minimum Gasteiger partial charge on any atom is -0.488 e. The van der Waals surface area contributed by atoms with Gasteiger partial charge in [0, 0.05) is 18.5 Å². The summed E-state index contributed by atoms with van der Waals surface area (Å²) in [6.07, 6.45) is -0.0215. The van der Waals surface area contributed by atoms with E-state index in [0.29, 0.717) is 18.0 Å². The van der Waals surface area contributed by atoms with Gasteiger partial charge in [-0.25, -0.2) is 4.79 Å². The first-order valence-electron chi connectivity index (χ1n) is 7.87. The second-order valence-corrected chi connectivity index (χ2v) is 6.31. The van der Waals surface area contributed by atoms with E-state index in [0.717, 1.165) is 23.0 Å². The second kappa shape index (κ2) is 8.40. The van der Waals surface area contributed by atoms with Crippen LogP contribution in [0.25, 0.3) is 10.9 Å². The molecule has 0 unspecified atom stereocenters. The van der Waals surface area contributed by atoms with Gasteiger partial charge in [-0.05, 0) is 47.0 Å².